The topological polar surface area (TPSA) is 62.0 Å². The second-order valence-corrected chi connectivity index (χ2v) is 3.15. The number of rotatable bonds is 0. The van der Waals surface area contributed by atoms with Crippen LogP contribution in [0.2, 0.25) is 0 Å². The highest BCUT2D eigenvalue weighted by molar-refractivity contribution is 7.23. The third kappa shape index (κ3) is 0.593. The molecule has 0 aliphatic heterocycles. The molecule has 0 fully saturated rings. The van der Waals surface area contributed by atoms with Crippen molar-refractivity contribution in [1.29, 1.82) is 0 Å². The molecular weight excluding hydrogens is 148 g/mol. The van der Waals surface area contributed by atoms with Gasteiger partial charge in [-0.25, -0.2) is 0 Å². The Hall–Kier alpha value is -1.16. The van der Waals surface area contributed by atoms with E-state index in [9.17, 15) is 0 Å². The molecule has 10 heavy (non-hydrogen) atoms. The Bertz CT molecular complexity index is 363. The Morgan fingerprint density at radius 1 is 1.60 bits per heavy atom. The molecule has 0 aliphatic carbocycles. The first-order valence-electron chi connectivity index (χ1n) is 2.83. The van der Waals surface area contributed by atoms with Crippen molar-refractivity contribution in [3.63, 3.8) is 0 Å². The lowest BCUT2D eigenvalue weighted by Crippen LogP contribution is -1.73. The lowest BCUT2D eigenvalue weighted by Gasteiger charge is -1.78. The number of nitrogens with one attached hydrogen (secondary N) is 1. The number of thiophene rings is 1. The van der Waals surface area contributed by atoms with Crippen LogP contribution in [0.25, 0.3) is 10.2 Å². The summed E-state index contributed by atoms with van der Waals surface area (Å²) in [5.41, 5.74) is 6.39. The van der Waals surface area contributed by atoms with Gasteiger partial charge in [0.25, 0.3) is 0 Å². The average Bonchev–Trinajstić information content (AvgIpc) is 2.35. The van der Waals surface area contributed by atoms with Crippen LogP contribution in [0.5, 0.6) is 5.75 Å². The normalized spacial score (nSPS) is 10.8. The van der Waals surface area contributed by atoms with Crippen molar-refractivity contribution in [2.75, 3.05) is 5.73 Å². The molecule has 4 N–H and O–H groups in total. The second-order valence-electron chi connectivity index (χ2n) is 2.07. The Morgan fingerprint density at radius 3 is 3.10 bits per heavy atom. The Morgan fingerprint density at radius 2 is 2.40 bits per heavy atom. The van der Waals surface area contributed by atoms with Gasteiger partial charge in [-0.15, -0.1) is 11.3 Å². The highest BCUT2D eigenvalue weighted by atomic mass is 32.1. The largest absolute Gasteiger partial charge is 0.505 e. The van der Waals surface area contributed by atoms with Crippen molar-refractivity contribution in [3.05, 3.63) is 12.3 Å². The molecule has 0 amide bonds. The zero-order chi connectivity index (χ0) is 7.14. The number of hydrogen-bond donors (Lipinski definition) is 3. The summed E-state index contributed by atoms with van der Waals surface area (Å²) in [6.45, 7) is 0. The van der Waals surface area contributed by atoms with Crippen LogP contribution in [0, 0.1) is 0 Å². The Labute approximate surface area is 61.1 Å². The standard InChI is InChI=1S/C6H6N2OS/c7-5-1-3-6(10-5)4(9)2-8-3/h1-2,8-9H,7H2. The van der Waals surface area contributed by atoms with E-state index >= 15 is 0 Å². The highest BCUT2D eigenvalue weighted by Gasteiger charge is 2.03. The van der Waals surface area contributed by atoms with Gasteiger partial charge >= 0.3 is 0 Å². The van der Waals surface area contributed by atoms with Crippen molar-refractivity contribution in [3.8, 4) is 5.75 Å². The number of aromatic nitrogens is 1. The maximum absolute atomic E-state index is 9.15. The van der Waals surface area contributed by atoms with Gasteiger partial charge in [-0.3, -0.25) is 0 Å². The van der Waals surface area contributed by atoms with E-state index < -0.39 is 0 Å². The highest BCUT2D eigenvalue weighted by Crippen LogP contribution is 2.33. The molecule has 3 nitrogen and oxygen atoms in total. The van der Waals surface area contributed by atoms with Gasteiger partial charge in [-0.1, -0.05) is 0 Å². The number of hydrogen-bond acceptors (Lipinski definition) is 3. The molecule has 0 radical (unpaired) electrons. The number of anilines is 1. The van der Waals surface area contributed by atoms with Crippen molar-refractivity contribution in [1.82, 2.24) is 4.98 Å². The van der Waals surface area contributed by atoms with Crippen LogP contribution in [0.1, 0.15) is 0 Å². The van der Waals surface area contributed by atoms with E-state index in [-0.39, 0.29) is 5.75 Å². The molecule has 2 rings (SSSR count). The minimum Gasteiger partial charge on any atom is -0.505 e. The second kappa shape index (κ2) is 1.67. The predicted molar refractivity (Wildman–Crippen MR) is 42.3 cm³/mol. The molecule has 0 saturated heterocycles. The molecule has 2 aromatic rings. The van der Waals surface area contributed by atoms with E-state index in [1.54, 1.807) is 12.3 Å². The van der Waals surface area contributed by atoms with Gasteiger partial charge < -0.3 is 15.8 Å². The molecule has 0 spiro atoms. The maximum atomic E-state index is 9.15. The van der Waals surface area contributed by atoms with Crippen LogP contribution in [-0.4, -0.2) is 10.1 Å². The van der Waals surface area contributed by atoms with Crippen LogP contribution < -0.4 is 5.73 Å². The summed E-state index contributed by atoms with van der Waals surface area (Å²) >= 11 is 1.38. The fraction of sp³-hybridized carbons (Fsp3) is 0. The van der Waals surface area contributed by atoms with Gasteiger partial charge in [0.15, 0.2) is 5.75 Å². The smallest absolute Gasteiger partial charge is 0.150 e. The first kappa shape index (κ1) is 5.61. The number of fused-ring (bicyclic) bond motifs is 1. The quantitative estimate of drug-likeness (QED) is 0.538. The minimum atomic E-state index is 0.275. The third-order valence-corrected chi connectivity index (χ3v) is 2.33. The van der Waals surface area contributed by atoms with Crippen molar-refractivity contribution in [2.24, 2.45) is 0 Å². The summed E-state index contributed by atoms with van der Waals surface area (Å²) in [5.74, 6) is 0.275. The van der Waals surface area contributed by atoms with Crippen molar-refractivity contribution < 1.29 is 5.11 Å². The molecule has 0 aromatic carbocycles. The molecular formula is C6H6N2OS. The van der Waals surface area contributed by atoms with Gasteiger partial charge in [0.05, 0.1) is 15.2 Å². The molecule has 0 atom stereocenters. The monoisotopic (exact) mass is 154 g/mol. The van der Waals surface area contributed by atoms with Gasteiger partial charge in [-0.2, -0.15) is 0 Å². The molecule has 0 aliphatic rings. The molecule has 2 heterocycles. The predicted octanol–water partition coefficient (Wildman–Crippen LogP) is 1.52. The number of H-pyrrole nitrogens is 1. The van der Waals surface area contributed by atoms with Crippen molar-refractivity contribution in [2.45, 2.75) is 0 Å². The first-order valence-corrected chi connectivity index (χ1v) is 3.64. The minimum absolute atomic E-state index is 0.275. The summed E-state index contributed by atoms with van der Waals surface area (Å²) in [6, 6.07) is 1.81. The zero-order valence-electron chi connectivity index (χ0n) is 5.09. The molecule has 4 heteroatoms. The average molecular weight is 154 g/mol. The SMILES string of the molecule is Nc1cc2[nH]cc(O)c2s1. The number of nitrogen functional groups attached to an aromatic ring is 1. The molecule has 52 valence electrons. The lowest BCUT2D eigenvalue weighted by molar-refractivity contribution is 0.482. The van der Waals surface area contributed by atoms with Crippen LogP contribution in [0.4, 0.5) is 5.00 Å². The van der Waals surface area contributed by atoms with Gasteiger partial charge in [0.1, 0.15) is 0 Å². The van der Waals surface area contributed by atoms with Gasteiger partial charge in [0.2, 0.25) is 0 Å². The molecule has 2 aromatic heterocycles. The molecule has 0 saturated carbocycles. The van der Waals surface area contributed by atoms with E-state index in [1.807, 2.05) is 0 Å². The molecule has 0 bridgehead atoms. The summed E-state index contributed by atoms with van der Waals surface area (Å²) in [5, 5.41) is 9.87. The lowest BCUT2D eigenvalue weighted by atomic mass is 10.5. The summed E-state index contributed by atoms with van der Waals surface area (Å²) in [4.78, 5) is 2.89. The van der Waals surface area contributed by atoms with E-state index in [0.29, 0.717) is 0 Å². The van der Waals surface area contributed by atoms with Crippen LogP contribution >= 0.6 is 11.3 Å². The number of nitrogens with two attached hydrogens (primary N) is 1. The maximum Gasteiger partial charge on any atom is 0.150 e. The fourth-order valence-corrected chi connectivity index (χ4v) is 1.72. The summed E-state index contributed by atoms with van der Waals surface area (Å²) in [6.07, 6.45) is 1.56. The van der Waals surface area contributed by atoms with Gasteiger partial charge in [0, 0.05) is 6.20 Å². The van der Waals surface area contributed by atoms with E-state index in [1.165, 1.54) is 11.3 Å². The summed E-state index contributed by atoms with van der Waals surface area (Å²) in [7, 11) is 0. The first-order chi connectivity index (χ1) is 4.77. The number of aromatic amines is 1. The van der Waals surface area contributed by atoms with E-state index in [0.717, 1.165) is 15.2 Å². The number of aromatic hydroxyl groups is 1. The van der Waals surface area contributed by atoms with Crippen LogP contribution in [-0.2, 0) is 0 Å². The Balaban J connectivity index is 2.90. The van der Waals surface area contributed by atoms with Crippen LogP contribution in [0.15, 0.2) is 12.3 Å². The van der Waals surface area contributed by atoms with Crippen molar-refractivity contribution >= 4 is 26.6 Å². The zero-order valence-corrected chi connectivity index (χ0v) is 5.90. The third-order valence-electron chi connectivity index (χ3n) is 1.35. The van der Waals surface area contributed by atoms with Gasteiger partial charge in [-0.05, 0) is 6.07 Å². The molecule has 0 unspecified atom stereocenters. The van der Waals surface area contributed by atoms with E-state index in [2.05, 4.69) is 4.98 Å². The fourth-order valence-electron chi connectivity index (χ4n) is 0.919. The van der Waals surface area contributed by atoms with Crippen LogP contribution in [0.3, 0.4) is 0 Å². The Kier molecular flexibility index (Phi) is 0.935. The van der Waals surface area contributed by atoms with E-state index in [4.69, 9.17) is 10.8 Å². The summed E-state index contributed by atoms with van der Waals surface area (Å²) < 4.78 is 0.831.